The zero-order valence-electron chi connectivity index (χ0n) is 13.7. The van der Waals surface area contributed by atoms with E-state index in [1.54, 1.807) is 0 Å². The first-order valence-corrected chi connectivity index (χ1v) is 10.2. The molecule has 1 aliphatic carbocycles. The van der Waals surface area contributed by atoms with E-state index in [0.29, 0.717) is 19.0 Å². The lowest BCUT2D eigenvalue weighted by atomic mass is 9.87. The minimum absolute atomic E-state index is 0.134. The van der Waals surface area contributed by atoms with Crippen LogP contribution in [0.5, 0.6) is 0 Å². The van der Waals surface area contributed by atoms with Gasteiger partial charge in [0.05, 0.1) is 19.3 Å². The monoisotopic (exact) mass is 349 g/mol. The van der Waals surface area contributed by atoms with Crippen LogP contribution in [-0.4, -0.2) is 45.7 Å². The molecule has 0 aromatic heterocycles. The Morgan fingerprint density at radius 2 is 1.71 bits per heavy atom. The van der Waals surface area contributed by atoms with Gasteiger partial charge in [0.1, 0.15) is 11.0 Å². The summed E-state index contributed by atoms with van der Waals surface area (Å²) in [7, 11) is -3.69. The van der Waals surface area contributed by atoms with Crippen molar-refractivity contribution in [3.05, 3.63) is 47.2 Å². The van der Waals surface area contributed by atoms with Crippen LogP contribution in [0.3, 0.4) is 0 Å². The molecule has 2 atom stereocenters. The third-order valence-electron chi connectivity index (χ3n) is 5.20. The van der Waals surface area contributed by atoms with Gasteiger partial charge >= 0.3 is 10.1 Å². The van der Waals surface area contributed by atoms with Crippen molar-refractivity contribution in [2.45, 2.75) is 37.0 Å². The summed E-state index contributed by atoms with van der Waals surface area (Å²) in [6.45, 7) is 2.84. The van der Waals surface area contributed by atoms with Crippen LogP contribution in [0.2, 0.25) is 0 Å². The quantitative estimate of drug-likeness (QED) is 0.768. The molecule has 2 aliphatic heterocycles. The van der Waals surface area contributed by atoms with Gasteiger partial charge in [-0.3, -0.25) is 4.90 Å². The molecule has 1 aromatic carbocycles. The number of rotatable bonds is 2. The summed E-state index contributed by atoms with van der Waals surface area (Å²) in [5, 5.41) is -0.659. The molecule has 24 heavy (non-hydrogen) atoms. The summed E-state index contributed by atoms with van der Waals surface area (Å²) in [6, 6.07) is 9.36. The number of hydrogen-bond donors (Lipinski definition) is 0. The van der Waals surface area contributed by atoms with Crippen molar-refractivity contribution in [1.82, 2.24) is 4.90 Å². The minimum atomic E-state index is -3.69. The first kappa shape index (κ1) is 16.1. The Morgan fingerprint density at radius 3 is 2.46 bits per heavy atom. The molecule has 4 rings (SSSR count). The molecule has 6 heteroatoms. The van der Waals surface area contributed by atoms with Crippen LogP contribution in [0.4, 0.5) is 0 Å². The SMILES string of the molecule is O=S1(=O)OC2=C(CCCC2)[C@@H](N2CCOCC2)[C@H]1c1ccccc1. The third kappa shape index (κ3) is 2.87. The predicted octanol–water partition coefficient (Wildman–Crippen LogP) is 2.62. The minimum Gasteiger partial charge on any atom is -0.386 e. The van der Waals surface area contributed by atoms with Crippen molar-refractivity contribution in [3.8, 4) is 0 Å². The summed E-state index contributed by atoms with van der Waals surface area (Å²) in [5.74, 6) is 0.699. The van der Waals surface area contributed by atoms with Crippen molar-refractivity contribution < 1.29 is 17.3 Å². The molecule has 1 aromatic rings. The zero-order valence-corrected chi connectivity index (χ0v) is 14.5. The van der Waals surface area contributed by atoms with E-state index in [-0.39, 0.29) is 6.04 Å². The molecule has 3 aliphatic rings. The highest BCUT2D eigenvalue weighted by atomic mass is 32.2. The van der Waals surface area contributed by atoms with Gasteiger partial charge in [-0.2, -0.15) is 8.42 Å². The van der Waals surface area contributed by atoms with Crippen molar-refractivity contribution >= 4 is 10.1 Å². The van der Waals surface area contributed by atoms with Crippen LogP contribution >= 0.6 is 0 Å². The fourth-order valence-electron chi connectivity index (χ4n) is 4.10. The highest BCUT2D eigenvalue weighted by Gasteiger charge is 2.47. The first-order chi connectivity index (χ1) is 11.7. The van der Waals surface area contributed by atoms with E-state index < -0.39 is 15.4 Å². The molecule has 0 bridgehead atoms. The van der Waals surface area contributed by atoms with E-state index in [1.165, 1.54) is 5.57 Å². The molecule has 0 unspecified atom stereocenters. The maximum Gasteiger partial charge on any atom is 0.317 e. The van der Waals surface area contributed by atoms with Crippen LogP contribution in [0.1, 0.15) is 36.5 Å². The lowest BCUT2D eigenvalue weighted by molar-refractivity contribution is 0.0189. The molecule has 0 N–H and O–H groups in total. The van der Waals surface area contributed by atoms with Gasteiger partial charge in [0.15, 0.2) is 0 Å². The Bertz CT molecular complexity index is 723. The molecule has 130 valence electrons. The lowest BCUT2D eigenvalue weighted by Crippen LogP contribution is -2.51. The number of morpholine rings is 1. The smallest absolute Gasteiger partial charge is 0.317 e. The molecular weight excluding hydrogens is 326 g/mol. The maximum atomic E-state index is 13.0. The van der Waals surface area contributed by atoms with Gasteiger partial charge in [0.25, 0.3) is 0 Å². The van der Waals surface area contributed by atoms with Crippen LogP contribution in [0, 0.1) is 0 Å². The second kappa shape index (κ2) is 6.50. The van der Waals surface area contributed by atoms with Gasteiger partial charge in [-0.15, -0.1) is 0 Å². The number of allylic oxidation sites excluding steroid dienone is 1. The number of ether oxygens (including phenoxy) is 1. The summed E-state index contributed by atoms with van der Waals surface area (Å²) in [5.41, 5.74) is 2.00. The zero-order chi connectivity index (χ0) is 16.6. The largest absolute Gasteiger partial charge is 0.386 e. The van der Waals surface area contributed by atoms with E-state index in [9.17, 15) is 8.42 Å². The van der Waals surface area contributed by atoms with E-state index in [2.05, 4.69) is 4.90 Å². The second-order valence-corrected chi connectivity index (χ2v) is 8.32. The Labute approximate surface area is 143 Å². The van der Waals surface area contributed by atoms with Crippen LogP contribution in [-0.2, 0) is 19.0 Å². The summed E-state index contributed by atoms with van der Waals surface area (Å²) >= 11 is 0. The first-order valence-electron chi connectivity index (χ1n) is 8.69. The third-order valence-corrected chi connectivity index (χ3v) is 6.78. The van der Waals surface area contributed by atoms with E-state index in [1.807, 2.05) is 30.3 Å². The van der Waals surface area contributed by atoms with Crippen molar-refractivity contribution in [2.24, 2.45) is 0 Å². The van der Waals surface area contributed by atoms with Gasteiger partial charge in [0.2, 0.25) is 0 Å². The second-order valence-electron chi connectivity index (χ2n) is 6.66. The van der Waals surface area contributed by atoms with Gasteiger partial charge in [-0.1, -0.05) is 30.3 Å². The van der Waals surface area contributed by atoms with Gasteiger partial charge < -0.3 is 8.92 Å². The topological polar surface area (TPSA) is 55.8 Å². The number of benzene rings is 1. The van der Waals surface area contributed by atoms with Gasteiger partial charge in [0, 0.05) is 19.5 Å². The lowest BCUT2D eigenvalue weighted by Gasteiger charge is -2.44. The van der Waals surface area contributed by atoms with E-state index in [0.717, 1.165) is 44.3 Å². The molecule has 1 fully saturated rings. The molecule has 2 heterocycles. The number of nitrogens with zero attached hydrogens (tertiary/aromatic N) is 1. The highest BCUT2D eigenvalue weighted by Crippen LogP contribution is 2.45. The molecule has 5 nitrogen and oxygen atoms in total. The van der Waals surface area contributed by atoms with Crippen molar-refractivity contribution in [1.29, 1.82) is 0 Å². The predicted molar refractivity (Wildman–Crippen MR) is 90.9 cm³/mol. The highest BCUT2D eigenvalue weighted by molar-refractivity contribution is 7.87. The van der Waals surface area contributed by atoms with E-state index in [4.69, 9.17) is 8.92 Å². The fraction of sp³-hybridized carbons (Fsp3) is 0.556. The molecule has 0 amide bonds. The summed E-state index contributed by atoms with van der Waals surface area (Å²) in [6.07, 6.45) is 3.76. The summed E-state index contributed by atoms with van der Waals surface area (Å²) < 4.78 is 37.0. The van der Waals surface area contributed by atoms with Crippen LogP contribution in [0.15, 0.2) is 41.7 Å². The standard InChI is InChI=1S/C18H23NO4S/c20-24(21)18(14-6-2-1-3-7-14)17(19-10-12-22-13-11-19)15-8-4-5-9-16(15)23-24/h1-3,6-7,17-18H,4-5,8-13H2/t17-,18-/m1/s1. The van der Waals surface area contributed by atoms with Crippen molar-refractivity contribution in [3.63, 3.8) is 0 Å². The molecule has 1 saturated heterocycles. The molecule has 0 saturated carbocycles. The fourth-order valence-corrected chi connectivity index (χ4v) is 5.82. The average molecular weight is 349 g/mol. The Kier molecular flexibility index (Phi) is 4.37. The van der Waals surface area contributed by atoms with Gasteiger partial charge in [-0.25, -0.2) is 0 Å². The Balaban J connectivity index is 1.83. The number of hydrogen-bond acceptors (Lipinski definition) is 5. The van der Waals surface area contributed by atoms with Crippen molar-refractivity contribution in [2.75, 3.05) is 26.3 Å². The maximum absolute atomic E-state index is 13.0. The average Bonchev–Trinajstić information content (AvgIpc) is 2.61. The van der Waals surface area contributed by atoms with Crippen LogP contribution in [0.25, 0.3) is 0 Å². The van der Waals surface area contributed by atoms with Crippen LogP contribution < -0.4 is 0 Å². The Morgan fingerprint density at radius 1 is 1.00 bits per heavy atom. The molecule has 0 radical (unpaired) electrons. The van der Waals surface area contributed by atoms with Gasteiger partial charge in [-0.05, 0) is 30.4 Å². The molecular formula is C18H23NO4S. The summed E-state index contributed by atoms with van der Waals surface area (Å²) in [4.78, 5) is 2.28. The van der Waals surface area contributed by atoms with E-state index >= 15 is 0 Å². The Hall–Kier alpha value is -1.37. The molecule has 0 spiro atoms. The normalized spacial score (nSPS) is 30.5.